The Morgan fingerprint density at radius 2 is 2.00 bits per heavy atom. The van der Waals surface area contributed by atoms with Gasteiger partial charge in [-0.3, -0.25) is 4.79 Å². The van der Waals surface area contributed by atoms with Crippen LogP contribution in [0.25, 0.3) is 5.69 Å². The Labute approximate surface area is 147 Å². The molecule has 1 aromatic carbocycles. The van der Waals surface area contributed by atoms with E-state index in [1.165, 1.54) is 37.2 Å². The van der Waals surface area contributed by atoms with E-state index in [2.05, 4.69) is 12.0 Å². The maximum atomic E-state index is 12.4. The van der Waals surface area contributed by atoms with E-state index in [4.69, 9.17) is 4.74 Å². The number of carbonyl (C=O) groups excluding carboxylic acids is 1. The normalized spacial score (nSPS) is 12.6. The van der Waals surface area contributed by atoms with Gasteiger partial charge < -0.3 is 4.74 Å². The highest BCUT2D eigenvalue weighted by atomic mass is 16.5. The average Bonchev–Trinajstić information content (AvgIpc) is 2.95. The van der Waals surface area contributed by atoms with Gasteiger partial charge in [0.05, 0.1) is 12.3 Å². The van der Waals surface area contributed by atoms with Gasteiger partial charge in [0, 0.05) is 13.3 Å². The summed E-state index contributed by atoms with van der Waals surface area (Å²) < 4.78 is 8.32. The molecule has 1 aliphatic heterocycles. The van der Waals surface area contributed by atoms with Crippen LogP contribution in [0.1, 0.15) is 62.1 Å². The van der Waals surface area contributed by atoms with Crippen LogP contribution in [-0.4, -0.2) is 26.9 Å². The quantitative estimate of drug-likeness (QED) is 0.725. The lowest BCUT2D eigenvalue weighted by Crippen LogP contribution is -2.29. The number of aryl methyl sites for hydroxylation is 2. The van der Waals surface area contributed by atoms with Crippen molar-refractivity contribution in [2.24, 2.45) is 0 Å². The summed E-state index contributed by atoms with van der Waals surface area (Å²) in [6, 6.07) is 5.78. The molecule has 0 radical (unpaired) electrons. The molecule has 134 valence electrons. The smallest absolute Gasteiger partial charge is 0.357 e. The topological polar surface area (TPSA) is 66.1 Å². The molecule has 1 aliphatic rings. The molecule has 2 aromatic rings. The lowest BCUT2D eigenvalue weighted by molar-refractivity contribution is 0.0916. The fourth-order valence-corrected chi connectivity index (χ4v) is 3.23. The summed E-state index contributed by atoms with van der Waals surface area (Å²) in [6.07, 6.45) is 7.47. The van der Waals surface area contributed by atoms with Crippen molar-refractivity contribution in [2.75, 3.05) is 6.61 Å². The van der Waals surface area contributed by atoms with Gasteiger partial charge >= 0.3 is 5.69 Å². The van der Waals surface area contributed by atoms with Gasteiger partial charge in [-0.05, 0) is 36.6 Å². The summed E-state index contributed by atoms with van der Waals surface area (Å²) in [5.74, 6) is 1.11. The fraction of sp³-hybridized carbons (Fsp3) is 0.526. The van der Waals surface area contributed by atoms with Crippen LogP contribution in [0.4, 0.5) is 0 Å². The summed E-state index contributed by atoms with van der Waals surface area (Å²) >= 11 is 0. The lowest BCUT2D eigenvalue weighted by Gasteiger charge is -2.18. The SMILES string of the molecule is CCCCCCCOc1ccc2c(c1)CCc1nn(C(C)=O)c(=O)n1-2. The number of aromatic nitrogens is 3. The fourth-order valence-electron chi connectivity index (χ4n) is 3.23. The van der Waals surface area contributed by atoms with Crippen LogP contribution in [0.5, 0.6) is 5.75 Å². The zero-order valence-electron chi connectivity index (χ0n) is 15.0. The summed E-state index contributed by atoms with van der Waals surface area (Å²) in [4.78, 5) is 23.9. The van der Waals surface area contributed by atoms with E-state index in [9.17, 15) is 9.59 Å². The van der Waals surface area contributed by atoms with Crippen LogP contribution in [0.2, 0.25) is 0 Å². The molecule has 0 bridgehead atoms. The van der Waals surface area contributed by atoms with Crippen LogP contribution in [0, 0.1) is 0 Å². The minimum Gasteiger partial charge on any atom is -0.494 e. The first-order valence-corrected chi connectivity index (χ1v) is 9.09. The molecule has 0 amide bonds. The number of unbranched alkanes of at least 4 members (excludes halogenated alkanes) is 4. The standard InChI is InChI=1S/C19H25N3O3/c1-3-4-5-6-7-12-25-16-9-10-17-15(13-16)8-11-18-20-22(14(2)23)19(24)21(17)18/h9-10,13H,3-8,11-12H2,1-2H3. The van der Waals surface area contributed by atoms with E-state index in [1.54, 1.807) is 0 Å². The zero-order valence-corrected chi connectivity index (χ0v) is 15.0. The van der Waals surface area contributed by atoms with Crippen molar-refractivity contribution in [1.29, 1.82) is 0 Å². The highest BCUT2D eigenvalue weighted by Gasteiger charge is 2.23. The second-order valence-electron chi connectivity index (χ2n) is 6.52. The average molecular weight is 343 g/mol. The summed E-state index contributed by atoms with van der Waals surface area (Å²) in [5.41, 5.74) is 1.46. The maximum Gasteiger partial charge on any atom is 0.357 e. The highest BCUT2D eigenvalue weighted by Crippen LogP contribution is 2.26. The Balaban J connectivity index is 1.72. The first-order valence-electron chi connectivity index (χ1n) is 9.09. The zero-order chi connectivity index (χ0) is 17.8. The van der Waals surface area contributed by atoms with Gasteiger partial charge in [0.25, 0.3) is 0 Å². The van der Waals surface area contributed by atoms with Crippen molar-refractivity contribution < 1.29 is 9.53 Å². The Hall–Kier alpha value is -2.37. The molecule has 6 nitrogen and oxygen atoms in total. The molecule has 25 heavy (non-hydrogen) atoms. The van der Waals surface area contributed by atoms with Crippen molar-refractivity contribution >= 4 is 5.91 Å². The molecular formula is C19H25N3O3. The van der Waals surface area contributed by atoms with Gasteiger partial charge in [0.1, 0.15) is 11.6 Å². The molecule has 0 spiro atoms. The molecule has 6 heteroatoms. The molecule has 0 N–H and O–H groups in total. The number of ether oxygens (including phenoxy) is 1. The second kappa shape index (κ2) is 7.68. The van der Waals surface area contributed by atoms with Gasteiger partial charge in [-0.15, -0.1) is 9.78 Å². The molecule has 0 fully saturated rings. The number of hydrogen-bond acceptors (Lipinski definition) is 4. The predicted octanol–water partition coefficient (Wildman–Crippen LogP) is 3.14. The third-order valence-electron chi connectivity index (χ3n) is 4.57. The molecular weight excluding hydrogens is 318 g/mol. The molecule has 0 aliphatic carbocycles. The number of fused-ring (bicyclic) bond motifs is 3. The van der Waals surface area contributed by atoms with Crippen LogP contribution in [0.15, 0.2) is 23.0 Å². The van der Waals surface area contributed by atoms with E-state index in [1.807, 2.05) is 18.2 Å². The molecule has 1 aromatic heterocycles. The van der Waals surface area contributed by atoms with E-state index < -0.39 is 5.69 Å². The van der Waals surface area contributed by atoms with Gasteiger partial charge in [0.2, 0.25) is 5.91 Å². The van der Waals surface area contributed by atoms with E-state index in [-0.39, 0.29) is 5.91 Å². The van der Waals surface area contributed by atoms with Crippen molar-refractivity contribution in [3.05, 3.63) is 40.1 Å². The molecule has 2 heterocycles. The summed E-state index contributed by atoms with van der Waals surface area (Å²) in [5, 5.41) is 4.14. The minimum atomic E-state index is -0.395. The second-order valence-corrected chi connectivity index (χ2v) is 6.52. The Morgan fingerprint density at radius 1 is 1.20 bits per heavy atom. The maximum absolute atomic E-state index is 12.4. The summed E-state index contributed by atoms with van der Waals surface area (Å²) in [6.45, 7) is 4.27. The number of nitrogens with zero attached hydrogens (tertiary/aromatic N) is 3. The Kier molecular flexibility index (Phi) is 5.36. The number of hydrogen-bond donors (Lipinski definition) is 0. The van der Waals surface area contributed by atoms with Crippen LogP contribution >= 0.6 is 0 Å². The first kappa shape index (κ1) is 17.5. The van der Waals surface area contributed by atoms with Gasteiger partial charge in [-0.25, -0.2) is 9.36 Å². The number of benzene rings is 1. The van der Waals surface area contributed by atoms with Crippen LogP contribution in [0.3, 0.4) is 0 Å². The monoisotopic (exact) mass is 343 g/mol. The van der Waals surface area contributed by atoms with Gasteiger partial charge in [-0.1, -0.05) is 32.6 Å². The van der Waals surface area contributed by atoms with Crippen molar-refractivity contribution in [3.63, 3.8) is 0 Å². The highest BCUT2D eigenvalue weighted by molar-refractivity contribution is 5.74. The number of rotatable bonds is 7. The third kappa shape index (κ3) is 3.67. The molecule has 3 rings (SSSR count). The van der Waals surface area contributed by atoms with Crippen molar-refractivity contribution in [3.8, 4) is 11.4 Å². The predicted molar refractivity (Wildman–Crippen MR) is 95.8 cm³/mol. The molecule has 0 unspecified atom stereocenters. The Bertz CT molecular complexity index is 820. The minimum absolute atomic E-state index is 0.364. The molecule has 0 saturated heterocycles. The van der Waals surface area contributed by atoms with E-state index >= 15 is 0 Å². The molecule has 0 atom stereocenters. The molecule has 0 saturated carbocycles. The van der Waals surface area contributed by atoms with Gasteiger partial charge in [-0.2, -0.15) is 0 Å². The largest absolute Gasteiger partial charge is 0.494 e. The van der Waals surface area contributed by atoms with Crippen LogP contribution in [-0.2, 0) is 12.8 Å². The van der Waals surface area contributed by atoms with Crippen molar-refractivity contribution in [1.82, 2.24) is 14.3 Å². The van der Waals surface area contributed by atoms with E-state index in [0.717, 1.165) is 41.1 Å². The van der Waals surface area contributed by atoms with Gasteiger partial charge in [0.15, 0.2) is 0 Å². The number of carbonyl (C=O) groups is 1. The Morgan fingerprint density at radius 3 is 2.76 bits per heavy atom. The third-order valence-corrected chi connectivity index (χ3v) is 4.57. The lowest BCUT2D eigenvalue weighted by atomic mass is 10.0. The van der Waals surface area contributed by atoms with Crippen molar-refractivity contribution in [2.45, 2.75) is 58.8 Å². The van der Waals surface area contributed by atoms with E-state index in [0.29, 0.717) is 12.2 Å². The first-order chi connectivity index (χ1) is 12.1. The van der Waals surface area contributed by atoms with Crippen LogP contribution < -0.4 is 10.4 Å². The summed E-state index contributed by atoms with van der Waals surface area (Å²) in [7, 11) is 0.